The van der Waals surface area contributed by atoms with Crippen molar-refractivity contribution in [2.45, 2.75) is 11.3 Å². The van der Waals surface area contributed by atoms with Crippen LogP contribution in [0, 0.1) is 0 Å². The van der Waals surface area contributed by atoms with Crippen LogP contribution in [0.1, 0.15) is 6.92 Å². The van der Waals surface area contributed by atoms with E-state index < -0.39 is 0 Å². The Morgan fingerprint density at radius 3 is 2.56 bits per heavy atom. The van der Waals surface area contributed by atoms with E-state index in [-0.39, 0.29) is 12.0 Å². The molecule has 0 radical (unpaired) electrons. The minimum Gasteiger partial charge on any atom is -0.450 e. The van der Waals surface area contributed by atoms with Crippen molar-refractivity contribution in [2.24, 2.45) is 0 Å². The number of thioether (sulfide) groups is 1. The number of amides is 2. The topological polar surface area (TPSA) is 87.7 Å². The number of anilines is 2. The van der Waals surface area contributed by atoms with Gasteiger partial charge in [0, 0.05) is 31.9 Å². The van der Waals surface area contributed by atoms with Gasteiger partial charge in [-0.3, -0.25) is 4.79 Å². The van der Waals surface area contributed by atoms with Gasteiger partial charge in [-0.1, -0.05) is 41.3 Å². The second kappa shape index (κ2) is 9.56. The molecule has 0 spiro atoms. The molecule has 2 heterocycles. The van der Waals surface area contributed by atoms with E-state index in [1.165, 1.54) is 23.1 Å². The van der Waals surface area contributed by atoms with Gasteiger partial charge in [0.25, 0.3) is 0 Å². The van der Waals surface area contributed by atoms with Crippen LogP contribution in [0.15, 0.2) is 34.7 Å². The molecule has 144 valence electrons. The zero-order valence-electron chi connectivity index (χ0n) is 15.0. The maximum atomic E-state index is 12.4. The van der Waals surface area contributed by atoms with Gasteiger partial charge in [-0.15, -0.1) is 10.2 Å². The molecule has 1 aromatic heterocycles. The summed E-state index contributed by atoms with van der Waals surface area (Å²) in [6.07, 6.45) is -0.314. The highest BCUT2D eigenvalue weighted by Crippen LogP contribution is 2.27. The van der Waals surface area contributed by atoms with Gasteiger partial charge in [0.2, 0.25) is 11.0 Å². The van der Waals surface area contributed by atoms with Gasteiger partial charge in [-0.05, 0) is 19.1 Å². The molecule has 0 unspecified atom stereocenters. The van der Waals surface area contributed by atoms with Gasteiger partial charge in [0.1, 0.15) is 0 Å². The van der Waals surface area contributed by atoms with E-state index in [0.29, 0.717) is 43.7 Å². The van der Waals surface area contributed by atoms with Crippen molar-refractivity contribution in [1.29, 1.82) is 0 Å². The Bertz CT molecular complexity index is 763. The van der Waals surface area contributed by atoms with Gasteiger partial charge >= 0.3 is 6.09 Å². The summed E-state index contributed by atoms with van der Waals surface area (Å²) in [6, 6.07) is 9.74. The Balaban J connectivity index is 1.43. The number of carbonyl (C=O) groups is 2. The van der Waals surface area contributed by atoms with Crippen molar-refractivity contribution in [1.82, 2.24) is 20.0 Å². The van der Waals surface area contributed by atoms with Crippen molar-refractivity contribution in [3.8, 4) is 0 Å². The predicted octanol–water partition coefficient (Wildman–Crippen LogP) is 2.67. The third-order valence-corrected chi connectivity index (χ3v) is 5.87. The van der Waals surface area contributed by atoms with E-state index in [0.717, 1.165) is 10.0 Å². The minimum absolute atomic E-state index is 0.0382. The van der Waals surface area contributed by atoms with Gasteiger partial charge in [0.15, 0.2) is 4.34 Å². The summed E-state index contributed by atoms with van der Waals surface area (Å²) in [4.78, 5) is 27.5. The average Bonchev–Trinajstić information content (AvgIpc) is 3.14. The van der Waals surface area contributed by atoms with Crippen molar-refractivity contribution in [2.75, 3.05) is 43.9 Å². The molecule has 3 rings (SSSR count). The van der Waals surface area contributed by atoms with Gasteiger partial charge in [0.05, 0.1) is 12.4 Å². The lowest BCUT2D eigenvalue weighted by atomic mass is 10.3. The van der Waals surface area contributed by atoms with Crippen LogP contribution in [0.25, 0.3) is 0 Å². The van der Waals surface area contributed by atoms with Crippen molar-refractivity contribution in [3.05, 3.63) is 30.3 Å². The number of nitrogens with one attached hydrogen (secondary N) is 1. The standard InChI is InChI=1S/C17H21N5O3S2/c1-2-25-17(24)22-10-8-21(9-11-22)14(23)12-26-16-20-19-15(27-16)18-13-6-4-3-5-7-13/h3-7H,2,8-12H2,1H3,(H,18,19). The molecule has 1 N–H and O–H groups in total. The molecule has 0 aliphatic carbocycles. The molecule has 27 heavy (non-hydrogen) atoms. The smallest absolute Gasteiger partial charge is 0.409 e. The lowest BCUT2D eigenvalue weighted by Crippen LogP contribution is -2.51. The highest BCUT2D eigenvalue weighted by Gasteiger charge is 2.25. The SMILES string of the molecule is CCOC(=O)N1CCN(C(=O)CSc2nnc(Nc3ccccc3)s2)CC1. The first kappa shape index (κ1) is 19.4. The Morgan fingerprint density at radius 2 is 1.85 bits per heavy atom. The number of aromatic nitrogens is 2. The molecule has 1 saturated heterocycles. The lowest BCUT2D eigenvalue weighted by Gasteiger charge is -2.33. The predicted molar refractivity (Wildman–Crippen MR) is 106 cm³/mol. The van der Waals surface area contributed by atoms with Crippen molar-refractivity contribution >= 4 is 45.9 Å². The third-order valence-electron chi connectivity index (χ3n) is 3.91. The van der Waals surface area contributed by atoms with E-state index in [9.17, 15) is 9.59 Å². The highest BCUT2D eigenvalue weighted by molar-refractivity contribution is 8.01. The number of hydrogen-bond acceptors (Lipinski definition) is 8. The summed E-state index contributed by atoms with van der Waals surface area (Å²) in [5, 5.41) is 12.1. The molecule has 1 fully saturated rings. The lowest BCUT2D eigenvalue weighted by molar-refractivity contribution is -0.129. The zero-order chi connectivity index (χ0) is 19.1. The third kappa shape index (κ3) is 5.57. The monoisotopic (exact) mass is 407 g/mol. The molecule has 10 heteroatoms. The van der Waals surface area contributed by atoms with Crippen LogP contribution >= 0.6 is 23.1 Å². The number of hydrogen-bond donors (Lipinski definition) is 1. The van der Waals surface area contributed by atoms with Crippen molar-refractivity contribution < 1.29 is 14.3 Å². The number of carbonyl (C=O) groups excluding carboxylic acids is 2. The van der Waals surface area contributed by atoms with Gasteiger partial charge < -0.3 is 19.9 Å². The van der Waals surface area contributed by atoms with E-state index >= 15 is 0 Å². The number of benzene rings is 1. The van der Waals surface area contributed by atoms with E-state index in [1.807, 2.05) is 30.3 Å². The first-order valence-corrected chi connectivity index (χ1v) is 10.4. The first-order valence-electron chi connectivity index (χ1n) is 8.63. The van der Waals surface area contributed by atoms with Crippen LogP contribution in [0.3, 0.4) is 0 Å². The molecule has 8 nitrogen and oxygen atoms in total. The summed E-state index contributed by atoms with van der Waals surface area (Å²) in [6.45, 7) is 4.18. The zero-order valence-corrected chi connectivity index (χ0v) is 16.6. The minimum atomic E-state index is -0.314. The second-order valence-corrected chi connectivity index (χ2v) is 7.92. The van der Waals surface area contributed by atoms with Crippen LogP contribution < -0.4 is 5.32 Å². The van der Waals surface area contributed by atoms with E-state index in [2.05, 4.69) is 15.5 Å². The summed E-state index contributed by atoms with van der Waals surface area (Å²) in [5.41, 5.74) is 0.945. The normalized spacial score (nSPS) is 14.1. The Morgan fingerprint density at radius 1 is 1.15 bits per heavy atom. The molecule has 2 aromatic rings. The van der Waals surface area contributed by atoms with Gasteiger partial charge in [-0.25, -0.2) is 4.79 Å². The number of para-hydroxylation sites is 1. The van der Waals surface area contributed by atoms with Crippen molar-refractivity contribution in [3.63, 3.8) is 0 Å². The maximum absolute atomic E-state index is 12.4. The summed E-state index contributed by atoms with van der Waals surface area (Å²) < 4.78 is 5.73. The fraction of sp³-hybridized carbons (Fsp3) is 0.412. The fourth-order valence-corrected chi connectivity index (χ4v) is 4.21. The molecule has 2 amide bonds. The Labute approximate surface area is 165 Å². The fourth-order valence-electron chi connectivity index (χ4n) is 2.53. The number of rotatable bonds is 6. The Kier molecular flexibility index (Phi) is 6.88. The summed E-state index contributed by atoms with van der Waals surface area (Å²) in [7, 11) is 0. The molecule has 1 aliphatic heterocycles. The summed E-state index contributed by atoms with van der Waals surface area (Å²) >= 11 is 2.79. The maximum Gasteiger partial charge on any atom is 0.409 e. The van der Waals surface area contributed by atoms with Crippen LogP contribution in [-0.2, 0) is 9.53 Å². The van der Waals surface area contributed by atoms with Crippen LogP contribution in [0.2, 0.25) is 0 Å². The van der Waals surface area contributed by atoms with Gasteiger partial charge in [-0.2, -0.15) is 0 Å². The Hall–Kier alpha value is -2.33. The average molecular weight is 408 g/mol. The van der Waals surface area contributed by atoms with Crippen LogP contribution in [0.5, 0.6) is 0 Å². The molecule has 1 aliphatic rings. The number of piperazine rings is 1. The van der Waals surface area contributed by atoms with Crippen LogP contribution in [0.4, 0.5) is 15.6 Å². The quantitative estimate of drug-likeness (QED) is 0.737. The molecule has 0 saturated carbocycles. The molecular formula is C17H21N5O3S2. The second-order valence-electron chi connectivity index (χ2n) is 5.72. The molecular weight excluding hydrogens is 386 g/mol. The van der Waals surface area contributed by atoms with E-state index in [1.54, 1.807) is 16.7 Å². The van der Waals surface area contributed by atoms with Crippen LogP contribution in [-0.4, -0.2) is 70.5 Å². The molecule has 1 aromatic carbocycles. The number of nitrogens with zero attached hydrogens (tertiary/aromatic N) is 4. The molecule has 0 atom stereocenters. The number of ether oxygens (including phenoxy) is 1. The largest absolute Gasteiger partial charge is 0.450 e. The summed E-state index contributed by atoms with van der Waals surface area (Å²) in [5.74, 6) is 0.343. The highest BCUT2D eigenvalue weighted by atomic mass is 32.2. The van der Waals surface area contributed by atoms with E-state index in [4.69, 9.17) is 4.74 Å². The first-order chi connectivity index (χ1) is 13.2. The molecule has 0 bridgehead atoms.